The second-order valence-electron chi connectivity index (χ2n) is 4.14. The lowest BCUT2D eigenvalue weighted by atomic mass is 10.3. The van der Waals surface area contributed by atoms with E-state index in [0.717, 1.165) is 22.7 Å². The summed E-state index contributed by atoms with van der Waals surface area (Å²) in [4.78, 5) is -0.268. The first kappa shape index (κ1) is 15.9. The molecule has 0 amide bonds. The van der Waals surface area contributed by atoms with Crippen molar-refractivity contribution in [2.45, 2.75) is 4.90 Å². The largest absolute Gasteiger partial charge is 0.396 e. The summed E-state index contributed by atoms with van der Waals surface area (Å²) >= 11 is 0. The van der Waals surface area contributed by atoms with Crippen LogP contribution >= 0.6 is 0 Å². The van der Waals surface area contributed by atoms with Gasteiger partial charge < -0.3 is 5.73 Å². The van der Waals surface area contributed by atoms with Crippen molar-refractivity contribution < 1.29 is 21.2 Å². The van der Waals surface area contributed by atoms with Crippen molar-refractivity contribution in [3.05, 3.63) is 24.0 Å². The molecule has 0 unspecified atom stereocenters. The number of benzene rings is 1. The first-order chi connectivity index (χ1) is 8.54. The third kappa shape index (κ3) is 4.15. The van der Waals surface area contributed by atoms with E-state index in [-0.39, 0.29) is 22.9 Å². The van der Waals surface area contributed by atoms with Gasteiger partial charge in [-0.05, 0) is 18.2 Å². The van der Waals surface area contributed by atoms with Crippen LogP contribution in [0.1, 0.15) is 0 Å². The molecule has 9 heteroatoms. The molecule has 0 aliphatic heterocycles. The first-order valence-corrected chi connectivity index (χ1v) is 8.73. The van der Waals surface area contributed by atoms with Gasteiger partial charge in [0.25, 0.3) is 0 Å². The number of hydrogen-bond donors (Lipinski definition) is 1. The molecule has 0 spiro atoms. The molecule has 0 saturated carbocycles. The summed E-state index contributed by atoms with van der Waals surface area (Å²) in [6.45, 7) is -0.201. The Morgan fingerprint density at radius 3 is 2.32 bits per heavy atom. The molecule has 0 aromatic heterocycles. The van der Waals surface area contributed by atoms with E-state index in [1.165, 1.54) is 13.1 Å². The Labute approximate surface area is 112 Å². The van der Waals surface area contributed by atoms with Crippen LogP contribution in [0, 0.1) is 5.82 Å². The summed E-state index contributed by atoms with van der Waals surface area (Å²) in [5.41, 5.74) is 5.11. The maximum atomic E-state index is 13.2. The molecule has 19 heavy (non-hydrogen) atoms. The van der Waals surface area contributed by atoms with Crippen molar-refractivity contribution in [3.63, 3.8) is 0 Å². The predicted molar refractivity (Wildman–Crippen MR) is 70.3 cm³/mol. The van der Waals surface area contributed by atoms with Gasteiger partial charge in [0.15, 0.2) is 0 Å². The van der Waals surface area contributed by atoms with E-state index in [1.54, 1.807) is 0 Å². The monoisotopic (exact) mass is 310 g/mol. The van der Waals surface area contributed by atoms with Gasteiger partial charge in [-0.25, -0.2) is 21.2 Å². The smallest absolute Gasteiger partial charge is 0.242 e. The summed E-state index contributed by atoms with van der Waals surface area (Å²) in [7, 11) is -5.97. The third-order valence-electron chi connectivity index (χ3n) is 2.46. The van der Waals surface area contributed by atoms with E-state index in [4.69, 9.17) is 5.73 Å². The zero-order valence-electron chi connectivity index (χ0n) is 10.5. The Morgan fingerprint density at radius 2 is 1.84 bits per heavy atom. The number of nitrogen functional groups attached to an aromatic ring is 1. The fraction of sp³-hybridized carbons (Fsp3) is 0.400. The molecule has 6 nitrogen and oxygen atoms in total. The molecule has 0 radical (unpaired) electrons. The highest BCUT2D eigenvalue weighted by Gasteiger charge is 2.22. The van der Waals surface area contributed by atoms with Crippen LogP contribution in [-0.4, -0.2) is 46.7 Å². The maximum absolute atomic E-state index is 13.2. The minimum Gasteiger partial charge on any atom is -0.396 e. The molecule has 0 saturated heterocycles. The van der Waals surface area contributed by atoms with Crippen LogP contribution in [0.5, 0.6) is 0 Å². The first-order valence-electron chi connectivity index (χ1n) is 5.23. The minimum absolute atomic E-state index is 0.155. The Kier molecular flexibility index (Phi) is 4.54. The van der Waals surface area contributed by atoms with E-state index in [0.29, 0.717) is 0 Å². The maximum Gasteiger partial charge on any atom is 0.242 e. The van der Waals surface area contributed by atoms with Crippen LogP contribution in [0.2, 0.25) is 0 Å². The SMILES string of the molecule is CN(CCS(C)(=O)=O)S(=O)(=O)c1ccc(N)c(F)c1. The number of nitrogens with zero attached hydrogens (tertiary/aromatic N) is 1. The van der Waals surface area contributed by atoms with Crippen LogP contribution in [0.4, 0.5) is 10.1 Å². The third-order valence-corrected chi connectivity index (χ3v) is 5.23. The van der Waals surface area contributed by atoms with Crippen molar-refractivity contribution in [1.82, 2.24) is 4.31 Å². The lowest BCUT2D eigenvalue weighted by Gasteiger charge is -2.16. The van der Waals surface area contributed by atoms with Gasteiger partial charge in [-0.3, -0.25) is 0 Å². The molecule has 108 valence electrons. The van der Waals surface area contributed by atoms with Gasteiger partial charge in [-0.2, -0.15) is 4.31 Å². The fourth-order valence-corrected chi connectivity index (χ4v) is 3.17. The van der Waals surface area contributed by atoms with Crippen molar-refractivity contribution in [2.75, 3.05) is 31.3 Å². The number of sulfonamides is 1. The number of hydrogen-bond acceptors (Lipinski definition) is 5. The van der Waals surface area contributed by atoms with Gasteiger partial charge in [0.1, 0.15) is 15.7 Å². The van der Waals surface area contributed by atoms with Gasteiger partial charge in [-0.1, -0.05) is 0 Å². The molecule has 0 heterocycles. The van der Waals surface area contributed by atoms with Gasteiger partial charge in [0, 0.05) is 19.8 Å². The standard InChI is InChI=1S/C10H15FN2O4S2/c1-13(5-6-18(2,14)15)19(16,17)8-3-4-10(12)9(11)7-8/h3-4,7H,5-6,12H2,1-2H3. The quantitative estimate of drug-likeness (QED) is 0.776. The highest BCUT2D eigenvalue weighted by molar-refractivity contribution is 7.91. The number of rotatable bonds is 5. The molecule has 0 bridgehead atoms. The molecule has 1 aromatic rings. The number of halogens is 1. The molecule has 2 N–H and O–H groups in total. The van der Waals surface area contributed by atoms with E-state index in [1.807, 2.05) is 0 Å². The summed E-state index contributed by atoms with van der Waals surface area (Å²) in [5.74, 6) is -1.14. The lowest BCUT2D eigenvalue weighted by Crippen LogP contribution is -2.31. The average molecular weight is 310 g/mol. The molecule has 0 fully saturated rings. The molecular weight excluding hydrogens is 295 g/mol. The number of anilines is 1. The highest BCUT2D eigenvalue weighted by Crippen LogP contribution is 2.19. The second-order valence-corrected chi connectivity index (χ2v) is 8.44. The molecule has 0 aliphatic rings. The van der Waals surface area contributed by atoms with Gasteiger partial charge >= 0.3 is 0 Å². The molecule has 1 aromatic carbocycles. The zero-order valence-corrected chi connectivity index (χ0v) is 12.1. The summed E-state index contributed by atoms with van der Waals surface area (Å²) in [5, 5.41) is 0. The van der Waals surface area contributed by atoms with Crippen LogP contribution < -0.4 is 5.73 Å². The Morgan fingerprint density at radius 1 is 1.26 bits per heavy atom. The molecule has 0 atom stereocenters. The molecule has 0 aliphatic carbocycles. The summed E-state index contributed by atoms with van der Waals surface area (Å²) in [6.07, 6.45) is 1.01. The van der Waals surface area contributed by atoms with Crippen LogP contribution in [-0.2, 0) is 19.9 Å². The zero-order chi connectivity index (χ0) is 14.8. The average Bonchev–Trinajstić information content (AvgIpc) is 2.28. The molecular formula is C10H15FN2O4S2. The van der Waals surface area contributed by atoms with Crippen molar-refractivity contribution >= 4 is 25.5 Å². The predicted octanol–water partition coefficient (Wildman–Crippen LogP) is 0.0730. The highest BCUT2D eigenvalue weighted by atomic mass is 32.2. The van der Waals surface area contributed by atoms with Gasteiger partial charge in [0.05, 0.1) is 16.3 Å². The topological polar surface area (TPSA) is 97.5 Å². The Bertz CT molecular complexity index is 671. The Hall–Kier alpha value is -1.19. The summed E-state index contributed by atoms with van der Waals surface area (Å²) in [6, 6.07) is 3.12. The Balaban J connectivity index is 3.00. The normalized spacial score (nSPS) is 12.8. The van der Waals surface area contributed by atoms with E-state index in [2.05, 4.69) is 0 Å². The van der Waals surface area contributed by atoms with Crippen molar-refractivity contribution in [2.24, 2.45) is 0 Å². The van der Waals surface area contributed by atoms with Crippen LogP contribution in [0.15, 0.2) is 23.1 Å². The minimum atomic E-state index is -3.93. The summed E-state index contributed by atoms with van der Waals surface area (Å²) < 4.78 is 60.2. The fourth-order valence-electron chi connectivity index (χ4n) is 1.26. The second kappa shape index (κ2) is 5.43. The van der Waals surface area contributed by atoms with Gasteiger partial charge in [0.2, 0.25) is 10.0 Å². The van der Waals surface area contributed by atoms with Crippen molar-refractivity contribution in [1.29, 1.82) is 0 Å². The van der Waals surface area contributed by atoms with Crippen molar-refractivity contribution in [3.8, 4) is 0 Å². The molecule has 1 rings (SSSR count). The van der Waals surface area contributed by atoms with Gasteiger partial charge in [-0.15, -0.1) is 0 Å². The lowest BCUT2D eigenvalue weighted by molar-refractivity contribution is 0.484. The van der Waals surface area contributed by atoms with E-state index >= 15 is 0 Å². The van der Waals surface area contributed by atoms with E-state index < -0.39 is 25.7 Å². The number of sulfone groups is 1. The van der Waals surface area contributed by atoms with E-state index in [9.17, 15) is 21.2 Å². The van der Waals surface area contributed by atoms with Crippen LogP contribution in [0.3, 0.4) is 0 Å². The number of nitrogens with two attached hydrogens (primary N) is 1. The van der Waals surface area contributed by atoms with Crippen LogP contribution in [0.25, 0.3) is 0 Å².